The van der Waals surface area contributed by atoms with Gasteiger partial charge in [-0.15, -0.1) is 0 Å². The van der Waals surface area contributed by atoms with E-state index in [-0.39, 0.29) is 11.1 Å². The van der Waals surface area contributed by atoms with Gasteiger partial charge in [0, 0.05) is 5.69 Å². The average molecular weight is 305 g/mol. The summed E-state index contributed by atoms with van der Waals surface area (Å²) in [6.07, 6.45) is 0. The summed E-state index contributed by atoms with van der Waals surface area (Å²) in [4.78, 5) is 12.0. The maximum atomic E-state index is 13.7. The van der Waals surface area contributed by atoms with Crippen LogP contribution in [0.1, 0.15) is 15.9 Å². The van der Waals surface area contributed by atoms with E-state index in [0.717, 1.165) is 6.07 Å². The molecule has 0 heterocycles. The first-order chi connectivity index (χ1) is 10.0. The molecule has 0 bridgehead atoms. The Morgan fingerprint density at radius 3 is 2.67 bits per heavy atom. The van der Waals surface area contributed by atoms with Crippen LogP contribution in [0.4, 0.5) is 10.1 Å². The molecular formula is C15H10ClFN2O2. The Morgan fingerprint density at radius 1 is 1.33 bits per heavy atom. The number of anilines is 1. The lowest BCUT2D eigenvalue weighted by Crippen LogP contribution is -2.13. The van der Waals surface area contributed by atoms with Crippen molar-refractivity contribution in [3.8, 4) is 11.8 Å². The Balaban J connectivity index is 2.22. The number of rotatable bonds is 3. The molecule has 0 saturated heterocycles. The standard InChI is InChI=1S/C15H10ClFN2O2/c1-21-14-5-3-10(7-12(14)16)19-15(20)11-4-2-9(8-18)6-13(11)17/h2-7H,1H3,(H,19,20). The first-order valence-electron chi connectivity index (χ1n) is 5.89. The normalized spacial score (nSPS) is 9.81. The second-order valence-corrected chi connectivity index (χ2v) is 4.52. The van der Waals surface area contributed by atoms with E-state index in [1.165, 1.54) is 25.3 Å². The van der Waals surface area contributed by atoms with Gasteiger partial charge in [0.1, 0.15) is 11.6 Å². The van der Waals surface area contributed by atoms with Gasteiger partial charge in [-0.25, -0.2) is 4.39 Å². The minimum absolute atomic E-state index is 0.150. The molecule has 106 valence electrons. The summed E-state index contributed by atoms with van der Waals surface area (Å²) in [5.74, 6) is -0.913. The molecule has 0 unspecified atom stereocenters. The molecule has 1 amide bonds. The fourth-order valence-corrected chi connectivity index (χ4v) is 1.97. The molecule has 6 heteroatoms. The van der Waals surface area contributed by atoms with Crippen LogP contribution in [0.2, 0.25) is 5.02 Å². The molecule has 2 rings (SSSR count). The second kappa shape index (κ2) is 6.25. The van der Waals surface area contributed by atoms with Crippen molar-refractivity contribution in [1.82, 2.24) is 0 Å². The largest absolute Gasteiger partial charge is 0.495 e. The lowest BCUT2D eigenvalue weighted by molar-refractivity contribution is 0.102. The number of hydrogen-bond donors (Lipinski definition) is 1. The Kier molecular flexibility index (Phi) is 4.41. The van der Waals surface area contributed by atoms with Crippen molar-refractivity contribution in [3.63, 3.8) is 0 Å². The zero-order valence-electron chi connectivity index (χ0n) is 11.0. The van der Waals surface area contributed by atoms with E-state index in [4.69, 9.17) is 21.6 Å². The smallest absolute Gasteiger partial charge is 0.258 e. The number of amides is 1. The molecule has 0 aliphatic carbocycles. The zero-order chi connectivity index (χ0) is 15.4. The number of nitriles is 1. The van der Waals surface area contributed by atoms with Gasteiger partial charge in [-0.2, -0.15) is 5.26 Å². The maximum absolute atomic E-state index is 13.7. The fourth-order valence-electron chi connectivity index (χ4n) is 1.71. The number of carbonyl (C=O) groups excluding carboxylic acids is 1. The minimum Gasteiger partial charge on any atom is -0.495 e. The zero-order valence-corrected chi connectivity index (χ0v) is 11.7. The van der Waals surface area contributed by atoms with E-state index in [1.54, 1.807) is 18.2 Å². The van der Waals surface area contributed by atoms with Crippen LogP contribution >= 0.6 is 11.6 Å². The molecule has 2 aromatic carbocycles. The summed E-state index contributed by atoms with van der Waals surface area (Å²) < 4.78 is 18.7. The van der Waals surface area contributed by atoms with Crippen LogP contribution in [0, 0.1) is 17.1 Å². The summed E-state index contributed by atoms with van der Waals surface area (Å²) in [6.45, 7) is 0. The van der Waals surface area contributed by atoms with Gasteiger partial charge >= 0.3 is 0 Å². The molecule has 0 spiro atoms. The molecule has 0 radical (unpaired) electrons. The first-order valence-corrected chi connectivity index (χ1v) is 6.27. The highest BCUT2D eigenvalue weighted by Gasteiger charge is 2.13. The fraction of sp³-hybridized carbons (Fsp3) is 0.0667. The van der Waals surface area contributed by atoms with Crippen molar-refractivity contribution in [3.05, 3.63) is 58.4 Å². The van der Waals surface area contributed by atoms with Gasteiger partial charge in [-0.1, -0.05) is 11.6 Å². The Bertz CT molecular complexity index is 741. The molecule has 0 aliphatic rings. The van der Waals surface area contributed by atoms with Crippen LogP contribution in [-0.2, 0) is 0 Å². The first kappa shape index (κ1) is 14.8. The highest BCUT2D eigenvalue weighted by atomic mass is 35.5. The van der Waals surface area contributed by atoms with E-state index in [1.807, 2.05) is 0 Å². The Morgan fingerprint density at radius 2 is 2.10 bits per heavy atom. The molecule has 2 aromatic rings. The Labute approximate surface area is 125 Å². The van der Waals surface area contributed by atoms with E-state index in [9.17, 15) is 9.18 Å². The average Bonchev–Trinajstić information content (AvgIpc) is 2.47. The predicted molar refractivity (Wildman–Crippen MR) is 77.1 cm³/mol. The number of nitrogens with one attached hydrogen (secondary N) is 1. The van der Waals surface area contributed by atoms with Crippen molar-refractivity contribution >= 4 is 23.2 Å². The third-order valence-electron chi connectivity index (χ3n) is 2.75. The molecule has 0 atom stereocenters. The molecule has 1 N–H and O–H groups in total. The summed E-state index contributed by atoms with van der Waals surface area (Å²) in [5.41, 5.74) is 0.409. The van der Waals surface area contributed by atoms with Crippen molar-refractivity contribution in [2.75, 3.05) is 12.4 Å². The van der Waals surface area contributed by atoms with E-state index in [2.05, 4.69) is 5.32 Å². The SMILES string of the molecule is COc1ccc(NC(=O)c2ccc(C#N)cc2F)cc1Cl. The summed E-state index contributed by atoms with van der Waals surface area (Å²) in [5, 5.41) is 11.5. The van der Waals surface area contributed by atoms with Gasteiger partial charge in [-0.3, -0.25) is 4.79 Å². The van der Waals surface area contributed by atoms with Crippen molar-refractivity contribution < 1.29 is 13.9 Å². The predicted octanol–water partition coefficient (Wildman–Crippen LogP) is 3.61. The van der Waals surface area contributed by atoms with Gasteiger partial charge in [0.05, 0.1) is 29.3 Å². The molecule has 0 fully saturated rings. The van der Waals surface area contributed by atoms with Crippen LogP contribution < -0.4 is 10.1 Å². The minimum atomic E-state index is -0.758. The summed E-state index contributed by atoms with van der Waals surface area (Å²) in [7, 11) is 1.48. The van der Waals surface area contributed by atoms with Gasteiger partial charge < -0.3 is 10.1 Å². The lowest BCUT2D eigenvalue weighted by Gasteiger charge is -2.08. The van der Waals surface area contributed by atoms with Crippen LogP contribution in [0.5, 0.6) is 5.75 Å². The van der Waals surface area contributed by atoms with Gasteiger partial charge in [0.25, 0.3) is 5.91 Å². The highest BCUT2D eigenvalue weighted by Crippen LogP contribution is 2.27. The third-order valence-corrected chi connectivity index (χ3v) is 3.05. The number of carbonyl (C=O) groups is 1. The number of nitrogens with zero attached hydrogens (tertiary/aromatic N) is 1. The summed E-state index contributed by atoms with van der Waals surface area (Å²) >= 11 is 5.94. The van der Waals surface area contributed by atoms with E-state index < -0.39 is 11.7 Å². The number of methoxy groups -OCH3 is 1. The van der Waals surface area contributed by atoms with Crippen molar-refractivity contribution in [1.29, 1.82) is 5.26 Å². The lowest BCUT2D eigenvalue weighted by atomic mass is 10.1. The maximum Gasteiger partial charge on any atom is 0.258 e. The third kappa shape index (κ3) is 3.30. The molecule has 0 saturated carbocycles. The number of ether oxygens (including phenoxy) is 1. The highest BCUT2D eigenvalue weighted by molar-refractivity contribution is 6.32. The molecule has 0 aliphatic heterocycles. The van der Waals surface area contributed by atoms with E-state index in [0.29, 0.717) is 16.5 Å². The monoisotopic (exact) mass is 304 g/mol. The molecule has 0 aromatic heterocycles. The number of halogens is 2. The van der Waals surface area contributed by atoms with Crippen molar-refractivity contribution in [2.45, 2.75) is 0 Å². The molecule has 4 nitrogen and oxygen atoms in total. The second-order valence-electron chi connectivity index (χ2n) is 4.11. The molecular weight excluding hydrogens is 295 g/mol. The number of hydrogen-bond acceptors (Lipinski definition) is 3. The van der Waals surface area contributed by atoms with Crippen molar-refractivity contribution in [2.24, 2.45) is 0 Å². The summed E-state index contributed by atoms with van der Waals surface area (Å²) in [6, 6.07) is 10.1. The number of benzene rings is 2. The van der Waals surface area contributed by atoms with Crippen LogP contribution in [0.25, 0.3) is 0 Å². The van der Waals surface area contributed by atoms with Gasteiger partial charge in [0.15, 0.2) is 0 Å². The van der Waals surface area contributed by atoms with Crippen LogP contribution in [-0.4, -0.2) is 13.0 Å². The van der Waals surface area contributed by atoms with E-state index >= 15 is 0 Å². The van der Waals surface area contributed by atoms with Crippen LogP contribution in [0.15, 0.2) is 36.4 Å². The van der Waals surface area contributed by atoms with Gasteiger partial charge in [-0.05, 0) is 36.4 Å². The Hall–Kier alpha value is -2.58. The molecule has 21 heavy (non-hydrogen) atoms. The van der Waals surface area contributed by atoms with Crippen LogP contribution in [0.3, 0.4) is 0 Å². The van der Waals surface area contributed by atoms with Gasteiger partial charge in [0.2, 0.25) is 0 Å². The topological polar surface area (TPSA) is 62.1 Å². The quantitative estimate of drug-likeness (QED) is 0.942.